The topological polar surface area (TPSA) is 54.8 Å². The first-order valence-corrected chi connectivity index (χ1v) is 4.68. The lowest BCUT2D eigenvalue weighted by Gasteiger charge is -2.26. The highest BCUT2D eigenvalue weighted by molar-refractivity contribution is 5.66. The zero-order valence-corrected chi connectivity index (χ0v) is 8.25. The molecule has 1 aliphatic rings. The van der Waals surface area contributed by atoms with Crippen molar-refractivity contribution in [3.05, 3.63) is 36.2 Å². The SMILES string of the molecule is CN1c2ncncc2Cc2cncnc21. The summed E-state index contributed by atoms with van der Waals surface area (Å²) < 4.78 is 0. The standard InChI is InChI=1S/C10H9N5/c1-15-9-7(3-11-5-13-9)2-8-4-12-6-14-10(8)15/h3-6H,2H2,1H3. The highest BCUT2D eigenvalue weighted by atomic mass is 15.2. The first kappa shape index (κ1) is 8.28. The molecule has 5 heteroatoms. The van der Waals surface area contributed by atoms with Crippen molar-refractivity contribution in [1.29, 1.82) is 0 Å². The predicted molar refractivity (Wildman–Crippen MR) is 54.9 cm³/mol. The molecule has 0 bridgehead atoms. The van der Waals surface area contributed by atoms with E-state index in [9.17, 15) is 0 Å². The van der Waals surface area contributed by atoms with Crippen molar-refractivity contribution in [1.82, 2.24) is 19.9 Å². The second-order valence-corrected chi connectivity index (χ2v) is 3.48. The Hall–Kier alpha value is -2.04. The molecular weight excluding hydrogens is 190 g/mol. The molecule has 0 saturated carbocycles. The van der Waals surface area contributed by atoms with Crippen molar-refractivity contribution in [3.63, 3.8) is 0 Å². The summed E-state index contributed by atoms with van der Waals surface area (Å²) in [6, 6.07) is 0. The van der Waals surface area contributed by atoms with Gasteiger partial charge in [-0.25, -0.2) is 19.9 Å². The van der Waals surface area contributed by atoms with Crippen molar-refractivity contribution in [2.75, 3.05) is 11.9 Å². The molecule has 0 aromatic carbocycles. The van der Waals surface area contributed by atoms with Crippen molar-refractivity contribution >= 4 is 11.6 Å². The van der Waals surface area contributed by atoms with Gasteiger partial charge in [-0.1, -0.05) is 0 Å². The molecule has 2 aromatic heterocycles. The number of hydrogen-bond acceptors (Lipinski definition) is 5. The van der Waals surface area contributed by atoms with E-state index < -0.39 is 0 Å². The molecule has 3 heterocycles. The molecule has 1 aliphatic heterocycles. The van der Waals surface area contributed by atoms with Crippen LogP contribution in [0.5, 0.6) is 0 Å². The van der Waals surface area contributed by atoms with Crippen molar-refractivity contribution in [3.8, 4) is 0 Å². The van der Waals surface area contributed by atoms with Crippen LogP contribution in [0.4, 0.5) is 11.6 Å². The molecule has 0 spiro atoms. The van der Waals surface area contributed by atoms with Crippen molar-refractivity contribution in [2.24, 2.45) is 0 Å². The van der Waals surface area contributed by atoms with Crippen LogP contribution in [0.2, 0.25) is 0 Å². The van der Waals surface area contributed by atoms with E-state index >= 15 is 0 Å². The van der Waals surface area contributed by atoms with Gasteiger partial charge in [-0.3, -0.25) is 0 Å². The van der Waals surface area contributed by atoms with Gasteiger partial charge in [0, 0.05) is 37.0 Å². The average Bonchev–Trinajstić information content (AvgIpc) is 2.30. The Morgan fingerprint density at radius 1 is 1.00 bits per heavy atom. The Labute approximate surface area is 86.9 Å². The van der Waals surface area contributed by atoms with E-state index in [0.717, 1.165) is 29.2 Å². The van der Waals surface area contributed by atoms with Crippen LogP contribution in [0.1, 0.15) is 11.1 Å². The van der Waals surface area contributed by atoms with Gasteiger partial charge in [0.15, 0.2) is 0 Å². The van der Waals surface area contributed by atoms with Crippen LogP contribution >= 0.6 is 0 Å². The van der Waals surface area contributed by atoms with Gasteiger partial charge >= 0.3 is 0 Å². The third kappa shape index (κ3) is 1.16. The lowest BCUT2D eigenvalue weighted by molar-refractivity contribution is 0.927. The Bertz CT molecular complexity index is 465. The van der Waals surface area contributed by atoms with Crippen molar-refractivity contribution < 1.29 is 0 Å². The maximum absolute atomic E-state index is 4.25. The number of anilines is 2. The Morgan fingerprint density at radius 2 is 1.53 bits per heavy atom. The number of rotatable bonds is 0. The molecule has 0 N–H and O–H groups in total. The largest absolute Gasteiger partial charge is 0.313 e. The fraction of sp³-hybridized carbons (Fsp3) is 0.200. The first-order chi connectivity index (χ1) is 7.36. The molecule has 15 heavy (non-hydrogen) atoms. The van der Waals surface area contributed by atoms with E-state index in [1.165, 1.54) is 0 Å². The van der Waals surface area contributed by atoms with Crippen LogP contribution in [0, 0.1) is 0 Å². The molecule has 74 valence electrons. The lowest BCUT2D eigenvalue weighted by atomic mass is 10.0. The van der Waals surface area contributed by atoms with Crippen molar-refractivity contribution in [2.45, 2.75) is 6.42 Å². The van der Waals surface area contributed by atoms with Gasteiger partial charge in [0.25, 0.3) is 0 Å². The second-order valence-electron chi connectivity index (χ2n) is 3.48. The first-order valence-electron chi connectivity index (χ1n) is 4.68. The number of hydrogen-bond donors (Lipinski definition) is 0. The molecule has 3 rings (SSSR count). The summed E-state index contributed by atoms with van der Waals surface area (Å²) in [6.07, 6.45) is 7.60. The predicted octanol–water partition coefficient (Wildman–Crippen LogP) is 0.939. The number of fused-ring (bicyclic) bond motifs is 2. The zero-order chi connectivity index (χ0) is 10.3. The highest BCUT2D eigenvalue weighted by Crippen LogP contribution is 2.32. The molecule has 5 nitrogen and oxygen atoms in total. The maximum Gasteiger partial charge on any atom is 0.140 e. The summed E-state index contributed by atoms with van der Waals surface area (Å²) in [5.74, 6) is 1.85. The van der Waals surface area contributed by atoms with E-state index in [0.29, 0.717) is 0 Å². The van der Waals surface area contributed by atoms with Crippen LogP contribution in [0.25, 0.3) is 0 Å². The Balaban J connectivity index is 2.20. The summed E-state index contributed by atoms with van der Waals surface area (Å²) >= 11 is 0. The quantitative estimate of drug-likeness (QED) is 0.632. The van der Waals surface area contributed by atoms with Crippen LogP contribution in [-0.4, -0.2) is 27.0 Å². The third-order valence-corrected chi connectivity index (χ3v) is 2.54. The molecule has 0 fully saturated rings. The van der Waals surface area contributed by atoms with E-state index in [1.807, 2.05) is 24.3 Å². The van der Waals surface area contributed by atoms with Gasteiger partial charge in [-0.05, 0) is 0 Å². The van der Waals surface area contributed by atoms with Gasteiger partial charge in [0.2, 0.25) is 0 Å². The van der Waals surface area contributed by atoms with Crippen LogP contribution < -0.4 is 4.90 Å². The van der Waals surface area contributed by atoms with Crippen LogP contribution in [0.15, 0.2) is 25.0 Å². The smallest absolute Gasteiger partial charge is 0.140 e. The molecule has 0 saturated heterocycles. The Morgan fingerprint density at radius 3 is 2.07 bits per heavy atom. The van der Waals surface area contributed by atoms with E-state index in [1.54, 1.807) is 12.7 Å². The normalized spacial score (nSPS) is 13.3. The molecule has 0 radical (unpaired) electrons. The number of nitrogens with zero attached hydrogens (tertiary/aromatic N) is 5. The minimum Gasteiger partial charge on any atom is -0.313 e. The summed E-state index contributed by atoms with van der Waals surface area (Å²) in [7, 11) is 1.96. The fourth-order valence-electron chi connectivity index (χ4n) is 1.86. The minimum absolute atomic E-state index is 0.802. The maximum atomic E-state index is 4.25. The lowest BCUT2D eigenvalue weighted by Crippen LogP contribution is -2.21. The summed E-state index contributed by atoms with van der Waals surface area (Å²) in [6.45, 7) is 0. The zero-order valence-electron chi connectivity index (χ0n) is 8.25. The summed E-state index contributed by atoms with van der Waals surface area (Å²) in [5, 5.41) is 0. The molecule has 0 aliphatic carbocycles. The third-order valence-electron chi connectivity index (χ3n) is 2.54. The van der Waals surface area contributed by atoms with Gasteiger partial charge in [-0.15, -0.1) is 0 Å². The fourth-order valence-corrected chi connectivity index (χ4v) is 1.86. The van der Waals surface area contributed by atoms with E-state index in [4.69, 9.17) is 0 Å². The molecule has 0 amide bonds. The summed E-state index contributed by atoms with van der Waals surface area (Å²) in [5.41, 5.74) is 2.23. The molecular formula is C10H9N5. The minimum atomic E-state index is 0.802. The van der Waals surface area contributed by atoms with Gasteiger partial charge < -0.3 is 4.90 Å². The summed E-state index contributed by atoms with van der Waals surface area (Å²) in [4.78, 5) is 18.5. The van der Waals surface area contributed by atoms with Gasteiger partial charge in [0.1, 0.15) is 24.3 Å². The van der Waals surface area contributed by atoms with E-state index in [2.05, 4.69) is 19.9 Å². The second kappa shape index (κ2) is 2.98. The van der Waals surface area contributed by atoms with Crippen LogP contribution in [0.3, 0.4) is 0 Å². The average molecular weight is 199 g/mol. The monoisotopic (exact) mass is 199 g/mol. The molecule has 2 aromatic rings. The molecule has 0 unspecified atom stereocenters. The highest BCUT2D eigenvalue weighted by Gasteiger charge is 2.21. The molecule has 0 atom stereocenters. The number of aromatic nitrogens is 4. The Kier molecular flexibility index (Phi) is 1.65. The van der Waals surface area contributed by atoms with Gasteiger partial charge in [-0.2, -0.15) is 0 Å². The van der Waals surface area contributed by atoms with E-state index in [-0.39, 0.29) is 0 Å². The van der Waals surface area contributed by atoms with Crippen LogP contribution in [-0.2, 0) is 6.42 Å². The van der Waals surface area contributed by atoms with Gasteiger partial charge in [0.05, 0.1) is 0 Å².